The molecule has 0 rings (SSSR count). The number of nitrogens with zero attached hydrogens (tertiary/aromatic N) is 1. The Morgan fingerprint density at radius 3 is 2.00 bits per heavy atom. The fourth-order valence-electron chi connectivity index (χ4n) is 1.54. The van der Waals surface area contributed by atoms with Crippen LogP contribution in [0.15, 0.2) is 0 Å². The average molecular weight is 222 g/mol. The lowest BCUT2D eigenvalue weighted by atomic mass is 10.2. The summed E-state index contributed by atoms with van der Waals surface area (Å²) in [4.78, 5) is 0. The number of rotatable bonds is 7. The van der Waals surface area contributed by atoms with Crippen LogP contribution in [0.3, 0.4) is 0 Å². The van der Waals surface area contributed by atoms with Crippen LogP contribution < -0.4 is 5.73 Å². The Labute approximate surface area is 87.5 Å². The van der Waals surface area contributed by atoms with Gasteiger partial charge in [-0.25, -0.2) is 8.42 Å². The Balaban J connectivity index is 4.74. The molecule has 0 radical (unpaired) electrons. The van der Waals surface area contributed by atoms with Crippen LogP contribution in [0, 0.1) is 0 Å². The van der Waals surface area contributed by atoms with Crippen LogP contribution in [0.25, 0.3) is 0 Å². The number of sulfonamides is 1. The summed E-state index contributed by atoms with van der Waals surface area (Å²) < 4.78 is 25.0. The molecule has 86 valence electrons. The molecular weight excluding hydrogens is 200 g/mol. The molecule has 0 saturated heterocycles. The molecule has 0 aliphatic carbocycles. The molecule has 0 spiro atoms. The van der Waals surface area contributed by atoms with Gasteiger partial charge in [-0.05, 0) is 19.8 Å². The SMILES string of the molecule is CCC(CC)N(CCN)S(=O)(=O)CC. The Morgan fingerprint density at radius 1 is 1.21 bits per heavy atom. The molecule has 0 saturated carbocycles. The maximum absolute atomic E-state index is 11.7. The molecule has 0 fully saturated rings. The minimum Gasteiger partial charge on any atom is -0.329 e. The zero-order valence-electron chi connectivity index (χ0n) is 9.36. The topological polar surface area (TPSA) is 63.4 Å². The van der Waals surface area contributed by atoms with Crippen LogP contribution in [0.1, 0.15) is 33.6 Å². The first-order valence-electron chi connectivity index (χ1n) is 5.23. The molecule has 0 bridgehead atoms. The average Bonchev–Trinajstić information content (AvgIpc) is 2.18. The lowest BCUT2D eigenvalue weighted by Crippen LogP contribution is -2.43. The third-order valence-electron chi connectivity index (χ3n) is 2.42. The van der Waals surface area contributed by atoms with Crippen molar-refractivity contribution < 1.29 is 8.42 Å². The second-order valence-electron chi connectivity index (χ2n) is 3.27. The maximum Gasteiger partial charge on any atom is 0.214 e. The molecule has 2 N–H and O–H groups in total. The summed E-state index contributed by atoms with van der Waals surface area (Å²) in [5.41, 5.74) is 5.42. The first-order valence-corrected chi connectivity index (χ1v) is 6.83. The van der Waals surface area contributed by atoms with Gasteiger partial charge in [0.05, 0.1) is 5.75 Å². The molecule has 0 atom stereocenters. The Hall–Kier alpha value is -0.130. The normalized spacial score (nSPS) is 12.7. The molecule has 0 aromatic carbocycles. The lowest BCUT2D eigenvalue weighted by molar-refractivity contribution is 0.310. The van der Waals surface area contributed by atoms with Crippen molar-refractivity contribution in [3.63, 3.8) is 0 Å². The van der Waals surface area contributed by atoms with E-state index in [9.17, 15) is 8.42 Å². The standard InChI is InChI=1S/C9H22N2O2S/c1-4-9(5-2)11(8-7-10)14(12,13)6-3/h9H,4-8,10H2,1-3H3. The highest BCUT2D eigenvalue weighted by Gasteiger charge is 2.25. The van der Waals surface area contributed by atoms with Crippen LogP contribution >= 0.6 is 0 Å². The van der Waals surface area contributed by atoms with Gasteiger partial charge in [-0.1, -0.05) is 13.8 Å². The minimum absolute atomic E-state index is 0.100. The second kappa shape index (κ2) is 6.37. The van der Waals surface area contributed by atoms with Gasteiger partial charge in [-0.15, -0.1) is 0 Å². The number of nitrogens with two attached hydrogens (primary N) is 1. The summed E-state index contributed by atoms with van der Waals surface area (Å²) in [5.74, 6) is 0.156. The van der Waals surface area contributed by atoms with Crippen LogP contribution in [0.2, 0.25) is 0 Å². The maximum atomic E-state index is 11.7. The smallest absolute Gasteiger partial charge is 0.214 e. The molecule has 0 aromatic heterocycles. The van der Waals surface area contributed by atoms with E-state index in [4.69, 9.17) is 5.73 Å². The van der Waals surface area contributed by atoms with Gasteiger partial charge in [0.25, 0.3) is 0 Å². The zero-order valence-corrected chi connectivity index (χ0v) is 10.2. The summed E-state index contributed by atoms with van der Waals surface area (Å²) in [5, 5.41) is 0. The lowest BCUT2D eigenvalue weighted by Gasteiger charge is -2.28. The second-order valence-corrected chi connectivity index (χ2v) is 5.48. The van der Waals surface area contributed by atoms with Gasteiger partial charge in [0.2, 0.25) is 10.0 Å². The number of hydrogen-bond acceptors (Lipinski definition) is 3. The Morgan fingerprint density at radius 2 is 1.71 bits per heavy atom. The van der Waals surface area contributed by atoms with Gasteiger partial charge in [0.15, 0.2) is 0 Å². The fourth-order valence-corrected chi connectivity index (χ4v) is 3.01. The third kappa shape index (κ3) is 3.55. The molecule has 0 aliphatic rings. The van der Waals surface area contributed by atoms with E-state index in [0.717, 1.165) is 12.8 Å². The highest BCUT2D eigenvalue weighted by atomic mass is 32.2. The summed E-state index contributed by atoms with van der Waals surface area (Å²) in [6, 6.07) is 0.100. The fraction of sp³-hybridized carbons (Fsp3) is 1.00. The highest BCUT2D eigenvalue weighted by molar-refractivity contribution is 7.89. The van der Waals surface area contributed by atoms with Crippen LogP contribution in [-0.2, 0) is 10.0 Å². The summed E-state index contributed by atoms with van der Waals surface area (Å²) in [7, 11) is -3.09. The van der Waals surface area contributed by atoms with Crippen molar-refractivity contribution in [2.75, 3.05) is 18.8 Å². The molecule has 14 heavy (non-hydrogen) atoms. The molecular formula is C9H22N2O2S. The predicted octanol–water partition coefficient (Wildman–Crippen LogP) is 0.785. The summed E-state index contributed by atoms with van der Waals surface area (Å²) in [6.45, 7) is 6.49. The van der Waals surface area contributed by atoms with Gasteiger partial charge < -0.3 is 5.73 Å². The monoisotopic (exact) mass is 222 g/mol. The van der Waals surface area contributed by atoms with Crippen molar-refractivity contribution >= 4 is 10.0 Å². The molecule has 0 aliphatic heterocycles. The van der Waals surface area contributed by atoms with Crippen LogP contribution in [0.4, 0.5) is 0 Å². The summed E-state index contributed by atoms with van der Waals surface area (Å²) >= 11 is 0. The first-order chi connectivity index (χ1) is 6.53. The first kappa shape index (κ1) is 13.9. The van der Waals surface area contributed by atoms with Crippen molar-refractivity contribution in [3.05, 3.63) is 0 Å². The number of hydrogen-bond donors (Lipinski definition) is 1. The van der Waals surface area contributed by atoms with E-state index in [1.807, 2.05) is 13.8 Å². The van der Waals surface area contributed by atoms with Crippen molar-refractivity contribution in [2.45, 2.75) is 39.7 Å². The van der Waals surface area contributed by atoms with Gasteiger partial charge in [-0.2, -0.15) is 4.31 Å². The van der Waals surface area contributed by atoms with E-state index >= 15 is 0 Å². The molecule has 5 heteroatoms. The Bertz CT molecular complexity index is 235. The zero-order chi connectivity index (χ0) is 11.2. The third-order valence-corrected chi connectivity index (χ3v) is 4.35. The summed E-state index contributed by atoms with van der Waals surface area (Å²) in [6.07, 6.45) is 1.69. The van der Waals surface area contributed by atoms with E-state index < -0.39 is 10.0 Å². The van der Waals surface area contributed by atoms with Gasteiger partial charge in [0.1, 0.15) is 0 Å². The predicted molar refractivity (Wildman–Crippen MR) is 59.6 cm³/mol. The molecule has 0 aromatic rings. The quantitative estimate of drug-likeness (QED) is 0.692. The van der Waals surface area contributed by atoms with Crippen LogP contribution in [-0.4, -0.2) is 37.6 Å². The molecule has 0 amide bonds. The van der Waals surface area contributed by atoms with Crippen molar-refractivity contribution in [3.8, 4) is 0 Å². The minimum atomic E-state index is -3.09. The van der Waals surface area contributed by atoms with Crippen molar-refractivity contribution in [1.82, 2.24) is 4.31 Å². The van der Waals surface area contributed by atoms with E-state index in [1.165, 1.54) is 0 Å². The van der Waals surface area contributed by atoms with Gasteiger partial charge in [0, 0.05) is 19.1 Å². The van der Waals surface area contributed by atoms with Crippen molar-refractivity contribution in [2.24, 2.45) is 5.73 Å². The van der Waals surface area contributed by atoms with E-state index in [-0.39, 0.29) is 11.8 Å². The largest absolute Gasteiger partial charge is 0.329 e. The van der Waals surface area contributed by atoms with E-state index in [2.05, 4.69) is 0 Å². The van der Waals surface area contributed by atoms with Gasteiger partial charge >= 0.3 is 0 Å². The molecule has 0 heterocycles. The van der Waals surface area contributed by atoms with E-state index in [0.29, 0.717) is 13.1 Å². The highest BCUT2D eigenvalue weighted by Crippen LogP contribution is 2.13. The van der Waals surface area contributed by atoms with Crippen LogP contribution in [0.5, 0.6) is 0 Å². The van der Waals surface area contributed by atoms with Crippen molar-refractivity contribution in [1.29, 1.82) is 0 Å². The Kier molecular flexibility index (Phi) is 6.31. The van der Waals surface area contributed by atoms with E-state index in [1.54, 1.807) is 11.2 Å². The van der Waals surface area contributed by atoms with Gasteiger partial charge in [-0.3, -0.25) is 0 Å². The molecule has 0 unspecified atom stereocenters. The molecule has 4 nitrogen and oxygen atoms in total.